The van der Waals surface area contributed by atoms with E-state index >= 15 is 0 Å². The van der Waals surface area contributed by atoms with Crippen LogP contribution in [0.25, 0.3) is 0 Å². The maximum absolute atomic E-state index is 10.3. The van der Waals surface area contributed by atoms with E-state index < -0.39 is 6.10 Å². The Balaban J connectivity index is 2.48. The van der Waals surface area contributed by atoms with Gasteiger partial charge in [0.25, 0.3) is 0 Å². The van der Waals surface area contributed by atoms with Crippen molar-refractivity contribution in [1.29, 1.82) is 0 Å². The molecule has 1 aromatic carbocycles. The molecule has 0 aliphatic rings. The van der Waals surface area contributed by atoms with Crippen LogP contribution in [0.1, 0.15) is 22.8 Å². The molecule has 1 unspecified atom stereocenters. The summed E-state index contributed by atoms with van der Waals surface area (Å²) in [6.07, 6.45) is 0.814. The fourth-order valence-electron chi connectivity index (χ4n) is 1.54. The molecule has 0 aliphatic heterocycles. The SMILES string of the molecule is Cc1cc(Br)c(C(O)c2ccoc2Br)cc1Br. The number of hydrogen-bond acceptors (Lipinski definition) is 2. The van der Waals surface area contributed by atoms with E-state index in [4.69, 9.17) is 4.42 Å². The van der Waals surface area contributed by atoms with Crippen molar-refractivity contribution >= 4 is 47.8 Å². The van der Waals surface area contributed by atoms with Gasteiger partial charge in [0.15, 0.2) is 4.67 Å². The number of rotatable bonds is 2. The van der Waals surface area contributed by atoms with Crippen LogP contribution in [0, 0.1) is 6.92 Å². The third-order valence-corrected chi connectivity index (χ3v) is 4.70. The highest BCUT2D eigenvalue weighted by molar-refractivity contribution is 9.11. The minimum Gasteiger partial charge on any atom is -0.457 e. The number of furan rings is 1. The summed E-state index contributed by atoms with van der Waals surface area (Å²) in [7, 11) is 0. The molecule has 0 aliphatic carbocycles. The van der Waals surface area contributed by atoms with Crippen molar-refractivity contribution in [3.63, 3.8) is 0 Å². The second-order valence-electron chi connectivity index (χ2n) is 3.68. The molecule has 5 heteroatoms. The first-order valence-corrected chi connectivity index (χ1v) is 7.25. The Morgan fingerprint density at radius 2 is 1.82 bits per heavy atom. The van der Waals surface area contributed by atoms with Crippen molar-refractivity contribution in [2.75, 3.05) is 0 Å². The van der Waals surface area contributed by atoms with Crippen LogP contribution < -0.4 is 0 Å². The summed E-state index contributed by atoms with van der Waals surface area (Å²) < 4.78 is 7.52. The molecule has 0 amide bonds. The number of aliphatic hydroxyl groups is 1. The van der Waals surface area contributed by atoms with Crippen molar-refractivity contribution in [2.24, 2.45) is 0 Å². The van der Waals surface area contributed by atoms with Crippen LogP contribution in [0.15, 0.2) is 42.5 Å². The summed E-state index contributed by atoms with van der Waals surface area (Å²) in [4.78, 5) is 0. The van der Waals surface area contributed by atoms with E-state index in [9.17, 15) is 5.11 Å². The van der Waals surface area contributed by atoms with Crippen molar-refractivity contribution < 1.29 is 9.52 Å². The molecule has 2 rings (SSSR count). The van der Waals surface area contributed by atoms with Gasteiger partial charge in [-0.1, -0.05) is 31.9 Å². The Morgan fingerprint density at radius 3 is 2.41 bits per heavy atom. The van der Waals surface area contributed by atoms with Gasteiger partial charge in [-0.15, -0.1) is 0 Å². The first-order chi connectivity index (χ1) is 8.00. The van der Waals surface area contributed by atoms with Gasteiger partial charge in [0.1, 0.15) is 6.10 Å². The summed E-state index contributed by atoms with van der Waals surface area (Å²) in [5.41, 5.74) is 2.62. The van der Waals surface area contributed by atoms with Gasteiger partial charge in [0.05, 0.1) is 6.26 Å². The standard InChI is InChI=1S/C12H9Br3O2/c1-6-4-10(14)8(5-9(6)13)11(16)7-2-3-17-12(7)15/h2-5,11,16H,1H3. The molecule has 1 N–H and O–H groups in total. The Bertz CT molecular complexity index is 549. The average Bonchev–Trinajstić information content (AvgIpc) is 2.69. The van der Waals surface area contributed by atoms with Crippen LogP contribution in [0.3, 0.4) is 0 Å². The van der Waals surface area contributed by atoms with E-state index in [1.54, 1.807) is 12.3 Å². The summed E-state index contributed by atoms with van der Waals surface area (Å²) in [6, 6.07) is 5.62. The van der Waals surface area contributed by atoms with Crippen LogP contribution in [0.4, 0.5) is 0 Å². The van der Waals surface area contributed by atoms with Crippen LogP contribution in [-0.4, -0.2) is 5.11 Å². The molecule has 17 heavy (non-hydrogen) atoms. The number of halogens is 3. The second-order valence-corrected chi connectivity index (χ2v) is 6.10. The van der Waals surface area contributed by atoms with E-state index in [1.165, 1.54) is 0 Å². The summed E-state index contributed by atoms with van der Waals surface area (Å²) in [5.74, 6) is 0. The lowest BCUT2D eigenvalue weighted by Gasteiger charge is -2.13. The van der Waals surface area contributed by atoms with E-state index in [-0.39, 0.29) is 0 Å². The third-order valence-electron chi connectivity index (χ3n) is 2.51. The smallest absolute Gasteiger partial charge is 0.175 e. The van der Waals surface area contributed by atoms with Crippen LogP contribution in [-0.2, 0) is 0 Å². The van der Waals surface area contributed by atoms with E-state index in [2.05, 4.69) is 47.8 Å². The second kappa shape index (κ2) is 5.26. The zero-order valence-corrected chi connectivity index (χ0v) is 13.6. The van der Waals surface area contributed by atoms with Gasteiger partial charge in [-0.3, -0.25) is 0 Å². The van der Waals surface area contributed by atoms with Crippen molar-refractivity contribution in [2.45, 2.75) is 13.0 Å². The summed E-state index contributed by atoms with van der Waals surface area (Å²) in [6.45, 7) is 2.00. The molecule has 90 valence electrons. The summed E-state index contributed by atoms with van der Waals surface area (Å²) >= 11 is 10.2. The average molecular weight is 425 g/mol. The molecule has 0 spiro atoms. The maximum Gasteiger partial charge on any atom is 0.175 e. The monoisotopic (exact) mass is 422 g/mol. The lowest BCUT2D eigenvalue weighted by molar-refractivity contribution is 0.217. The van der Waals surface area contributed by atoms with Crippen molar-refractivity contribution in [3.05, 3.63) is 54.8 Å². The molecular weight excluding hydrogens is 416 g/mol. The third kappa shape index (κ3) is 2.67. The summed E-state index contributed by atoms with van der Waals surface area (Å²) in [5, 5.41) is 10.3. The Labute approximate surface area is 124 Å². The van der Waals surface area contributed by atoms with Crippen LogP contribution >= 0.6 is 47.8 Å². The molecule has 0 saturated carbocycles. The first kappa shape index (κ1) is 13.3. The zero-order chi connectivity index (χ0) is 12.6. The number of benzene rings is 1. The Hall–Kier alpha value is -0.100. The maximum atomic E-state index is 10.3. The highest BCUT2D eigenvalue weighted by Crippen LogP contribution is 2.35. The molecule has 0 fully saturated rings. The predicted molar refractivity (Wildman–Crippen MR) is 77.0 cm³/mol. The first-order valence-electron chi connectivity index (χ1n) is 4.87. The van der Waals surface area contributed by atoms with Gasteiger partial charge in [0.2, 0.25) is 0 Å². The Kier molecular flexibility index (Phi) is 4.13. The fourth-order valence-corrected chi connectivity index (χ4v) is 3.03. The Morgan fingerprint density at radius 1 is 1.12 bits per heavy atom. The van der Waals surface area contributed by atoms with Crippen LogP contribution in [0.2, 0.25) is 0 Å². The van der Waals surface area contributed by atoms with Crippen LogP contribution in [0.5, 0.6) is 0 Å². The van der Waals surface area contributed by atoms with Crippen molar-refractivity contribution in [3.8, 4) is 0 Å². The molecule has 1 atom stereocenters. The molecule has 1 heterocycles. The van der Waals surface area contributed by atoms with E-state index in [0.717, 1.165) is 20.1 Å². The number of aryl methyl sites for hydroxylation is 1. The topological polar surface area (TPSA) is 33.4 Å². The predicted octanol–water partition coefficient (Wildman–Crippen LogP) is 4.96. The van der Waals surface area contributed by atoms with Gasteiger partial charge < -0.3 is 9.52 Å². The largest absolute Gasteiger partial charge is 0.457 e. The van der Waals surface area contributed by atoms with Gasteiger partial charge >= 0.3 is 0 Å². The lowest BCUT2D eigenvalue weighted by Crippen LogP contribution is -2.00. The molecule has 1 aromatic heterocycles. The van der Waals surface area contributed by atoms with Gasteiger partial charge in [-0.2, -0.15) is 0 Å². The van der Waals surface area contributed by atoms with Gasteiger partial charge in [-0.05, 0) is 46.6 Å². The highest BCUT2D eigenvalue weighted by Gasteiger charge is 2.19. The zero-order valence-electron chi connectivity index (χ0n) is 8.88. The minimum absolute atomic E-state index is 0.550. The molecule has 0 saturated heterocycles. The minimum atomic E-state index is -0.727. The number of aliphatic hydroxyl groups excluding tert-OH is 1. The van der Waals surface area contributed by atoms with E-state index in [1.807, 2.05) is 19.1 Å². The van der Waals surface area contributed by atoms with Gasteiger partial charge in [-0.25, -0.2) is 0 Å². The quantitative estimate of drug-likeness (QED) is 0.739. The number of hydrogen-bond donors (Lipinski definition) is 1. The van der Waals surface area contributed by atoms with Crippen molar-refractivity contribution in [1.82, 2.24) is 0 Å². The fraction of sp³-hybridized carbons (Fsp3) is 0.167. The molecule has 0 bridgehead atoms. The highest BCUT2D eigenvalue weighted by atomic mass is 79.9. The van der Waals surface area contributed by atoms with E-state index in [0.29, 0.717) is 10.2 Å². The van der Waals surface area contributed by atoms with Gasteiger partial charge in [0, 0.05) is 20.1 Å². The molecule has 0 radical (unpaired) electrons. The molecule has 2 aromatic rings. The molecular formula is C12H9Br3O2. The lowest BCUT2D eigenvalue weighted by atomic mass is 10.0. The molecule has 2 nitrogen and oxygen atoms in total. The normalized spacial score (nSPS) is 12.8.